The molecule has 1 amide bonds. The number of nitrogens with one attached hydrogen (secondary N) is 2. The number of benzene rings is 3. The van der Waals surface area contributed by atoms with Crippen LogP contribution in [0.15, 0.2) is 89.8 Å². The summed E-state index contributed by atoms with van der Waals surface area (Å²) in [5.41, 5.74) is 2.54. The summed E-state index contributed by atoms with van der Waals surface area (Å²) in [5, 5.41) is 2.68. The normalized spacial score (nSPS) is 10.9. The number of rotatable bonds is 10. The van der Waals surface area contributed by atoms with Crippen molar-refractivity contribution in [2.75, 3.05) is 30.9 Å². The summed E-state index contributed by atoms with van der Waals surface area (Å²) in [4.78, 5) is 20.2. The van der Waals surface area contributed by atoms with Crippen LogP contribution >= 0.6 is 0 Å². The third-order valence-electron chi connectivity index (χ3n) is 5.09. The minimum atomic E-state index is -3.97. The van der Waals surface area contributed by atoms with Crippen molar-refractivity contribution in [3.63, 3.8) is 0 Å². The molecule has 0 radical (unpaired) electrons. The molecule has 0 unspecified atom stereocenters. The Labute approximate surface area is 214 Å². The van der Waals surface area contributed by atoms with Gasteiger partial charge in [0.1, 0.15) is 5.75 Å². The largest absolute Gasteiger partial charge is 0.484 e. The number of aromatic nitrogens is 2. The number of sulfonamides is 1. The molecule has 0 aliphatic rings. The maximum atomic E-state index is 12.7. The lowest BCUT2D eigenvalue weighted by Gasteiger charge is -2.11. The van der Waals surface area contributed by atoms with Crippen LogP contribution in [0.25, 0.3) is 11.1 Å². The molecule has 37 heavy (non-hydrogen) atoms. The molecule has 1 aromatic heterocycles. The third-order valence-corrected chi connectivity index (χ3v) is 6.46. The van der Waals surface area contributed by atoms with Crippen LogP contribution in [0, 0.1) is 0 Å². The van der Waals surface area contributed by atoms with E-state index in [9.17, 15) is 13.2 Å². The van der Waals surface area contributed by atoms with Crippen LogP contribution in [-0.2, 0) is 14.8 Å². The van der Waals surface area contributed by atoms with E-state index in [-0.39, 0.29) is 35.1 Å². The quantitative estimate of drug-likeness (QED) is 0.321. The summed E-state index contributed by atoms with van der Waals surface area (Å²) in [6.45, 7) is -0.205. The SMILES string of the molecule is COc1cc(NS(=O)(=O)c2ccc(NC(=O)COc3ccc(-c4ccccc4)cc3)cc2)nc(OC)n1. The summed E-state index contributed by atoms with van der Waals surface area (Å²) in [6.07, 6.45) is 0. The molecule has 0 aliphatic carbocycles. The number of amides is 1. The average molecular weight is 521 g/mol. The Morgan fingerprint density at radius 1 is 0.838 bits per heavy atom. The van der Waals surface area contributed by atoms with E-state index in [0.717, 1.165) is 11.1 Å². The second kappa shape index (κ2) is 11.4. The van der Waals surface area contributed by atoms with Crippen molar-refractivity contribution in [3.8, 4) is 28.8 Å². The van der Waals surface area contributed by atoms with Gasteiger partial charge in [0.15, 0.2) is 12.4 Å². The first-order valence-electron chi connectivity index (χ1n) is 11.0. The molecule has 0 spiro atoms. The van der Waals surface area contributed by atoms with E-state index in [1.807, 2.05) is 42.5 Å². The topological polar surface area (TPSA) is 129 Å². The average Bonchev–Trinajstić information content (AvgIpc) is 2.92. The van der Waals surface area contributed by atoms with Gasteiger partial charge in [-0.1, -0.05) is 42.5 Å². The lowest BCUT2D eigenvalue weighted by molar-refractivity contribution is -0.118. The molecule has 2 N–H and O–H groups in total. The zero-order valence-electron chi connectivity index (χ0n) is 20.0. The van der Waals surface area contributed by atoms with Gasteiger partial charge in [0.05, 0.1) is 19.1 Å². The first-order valence-corrected chi connectivity index (χ1v) is 12.5. The van der Waals surface area contributed by atoms with Crippen molar-refractivity contribution in [2.45, 2.75) is 4.90 Å². The van der Waals surface area contributed by atoms with Gasteiger partial charge in [0.2, 0.25) is 5.88 Å². The molecule has 10 nitrogen and oxygen atoms in total. The van der Waals surface area contributed by atoms with Crippen LogP contribution in [0.4, 0.5) is 11.5 Å². The van der Waals surface area contributed by atoms with Gasteiger partial charge in [-0.05, 0) is 47.5 Å². The number of ether oxygens (including phenoxy) is 3. The molecular formula is C26H24N4O6S. The smallest absolute Gasteiger partial charge is 0.321 e. The zero-order chi connectivity index (χ0) is 26.3. The highest BCUT2D eigenvalue weighted by Gasteiger charge is 2.17. The maximum Gasteiger partial charge on any atom is 0.321 e. The number of nitrogens with zero attached hydrogens (tertiary/aromatic N) is 2. The van der Waals surface area contributed by atoms with Gasteiger partial charge < -0.3 is 19.5 Å². The monoisotopic (exact) mass is 520 g/mol. The second-order valence-corrected chi connectivity index (χ2v) is 9.32. The molecule has 4 rings (SSSR count). The fourth-order valence-electron chi connectivity index (χ4n) is 3.29. The number of carbonyl (C=O) groups is 1. The lowest BCUT2D eigenvalue weighted by Crippen LogP contribution is -2.20. The van der Waals surface area contributed by atoms with E-state index >= 15 is 0 Å². The van der Waals surface area contributed by atoms with Crippen molar-refractivity contribution >= 4 is 27.4 Å². The summed E-state index contributed by atoms with van der Waals surface area (Å²) in [6, 6.07) is 24.3. The summed E-state index contributed by atoms with van der Waals surface area (Å²) in [5.74, 6) is 0.286. The number of anilines is 2. The van der Waals surface area contributed by atoms with Crippen molar-refractivity contribution in [3.05, 3.63) is 84.9 Å². The Morgan fingerprint density at radius 3 is 2.16 bits per heavy atom. The number of hydrogen-bond acceptors (Lipinski definition) is 8. The highest BCUT2D eigenvalue weighted by atomic mass is 32.2. The molecule has 0 bridgehead atoms. The Hall–Kier alpha value is -4.64. The molecule has 1 heterocycles. The molecule has 0 aliphatic heterocycles. The van der Waals surface area contributed by atoms with Crippen LogP contribution in [0.1, 0.15) is 0 Å². The van der Waals surface area contributed by atoms with Crippen molar-refractivity contribution in [1.29, 1.82) is 0 Å². The van der Waals surface area contributed by atoms with Gasteiger partial charge in [-0.3, -0.25) is 9.52 Å². The van der Waals surface area contributed by atoms with E-state index < -0.39 is 10.0 Å². The molecule has 4 aromatic rings. The van der Waals surface area contributed by atoms with E-state index in [1.54, 1.807) is 12.1 Å². The molecule has 190 valence electrons. The highest BCUT2D eigenvalue weighted by Crippen LogP contribution is 2.23. The maximum absolute atomic E-state index is 12.7. The first kappa shape index (κ1) is 25.5. The minimum absolute atomic E-state index is 0.0185. The Morgan fingerprint density at radius 2 is 1.51 bits per heavy atom. The van der Waals surface area contributed by atoms with Crippen LogP contribution < -0.4 is 24.2 Å². The van der Waals surface area contributed by atoms with Gasteiger partial charge in [0, 0.05) is 11.8 Å². The standard InChI is InChI=1S/C26H24N4O6S/c1-34-25-16-23(28-26(29-25)35-2)30-37(32,33)22-14-10-20(11-15-22)27-24(31)17-36-21-12-8-19(9-13-21)18-6-4-3-5-7-18/h3-16H,17H2,1-2H3,(H,27,31)(H,28,29,30). The number of carbonyl (C=O) groups excluding carboxylic acids is 1. The Balaban J connectivity index is 1.33. The first-order chi connectivity index (χ1) is 17.9. The van der Waals surface area contributed by atoms with Gasteiger partial charge in [-0.25, -0.2) is 8.42 Å². The van der Waals surface area contributed by atoms with E-state index in [0.29, 0.717) is 11.4 Å². The van der Waals surface area contributed by atoms with E-state index in [2.05, 4.69) is 20.0 Å². The van der Waals surface area contributed by atoms with Crippen molar-refractivity contribution in [2.24, 2.45) is 0 Å². The highest BCUT2D eigenvalue weighted by molar-refractivity contribution is 7.92. The van der Waals surface area contributed by atoms with Crippen LogP contribution in [0.3, 0.4) is 0 Å². The van der Waals surface area contributed by atoms with Crippen LogP contribution in [-0.4, -0.2) is 45.1 Å². The second-order valence-electron chi connectivity index (χ2n) is 7.64. The van der Waals surface area contributed by atoms with Gasteiger partial charge in [0.25, 0.3) is 15.9 Å². The van der Waals surface area contributed by atoms with Crippen molar-refractivity contribution < 1.29 is 27.4 Å². The van der Waals surface area contributed by atoms with Crippen molar-refractivity contribution in [1.82, 2.24) is 9.97 Å². The van der Waals surface area contributed by atoms with Crippen LogP contribution in [0.5, 0.6) is 17.6 Å². The third kappa shape index (κ3) is 6.73. The fourth-order valence-corrected chi connectivity index (χ4v) is 4.28. The molecule has 11 heteroatoms. The summed E-state index contributed by atoms with van der Waals surface area (Å²) in [7, 11) is -1.22. The fraction of sp³-hybridized carbons (Fsp3) is 0.115. The summed E-state index contributed by atoms with van der Waals surface area (Å²) >= 11 is 0. The van der Waals surface area contributed by atoms with Gasteiger partial charge in [-0.15, -0.1) is 0 Å². The minimum Gasteiger partial charge on any atom is -0.484 e. The molecule has 3 aromatic carbocycles. The molecule has 0 fully saturated rings. The molecule has 0 saturated heterocycles. The van der Waals surface area contributed by atoms with Gasteiger partial charge >= 0.3 is 6.01 Å². The predicted octanol–water partition coefficient (Wildman–Crippen LogP) is 3.98. The lowest BCUT2D eigenvalue weighted by atomic mass is 10.1. The predicted molar refractivity (Wildman–Crippen MR) is 138 cm³/mol. The molecule has 0 saturated carbocycles. The Kier molecular flexibility index (Phi) is 7.84. The number of methoxy groups -OCH3 is 2. The van der Waals surface area contributed by atoms with E-state index in [4.69, 9.17) is 14.2 Å². The molecular weight excluding hydrogens is 496 g/mol. The number of hydrogen-bond donors (Lipinski definition) is 2. The summed E-state index contributed by atoms with van der Waals surface area (Å²) < 4.78 is 43.4. The zero-order valence-corrected chi connectivity index (χ0v) is 20.9. The van der Waals surface area contributed by atoms with E-state index in [1.165, 1.54) is 44.6 Å². The Bertz CT molecular complexity index is 1440. The molecule has 0 atom stereocenters. The van der Waals surface area contributed by atoms with Crippen LogP contribution in [0.2, 0.25) is 0 Å². The van der Waals surface area contributed by atoms with Gasteiger partial charge in [-0.2, -0.15) is 9.97 Å².